The number of imidazole rings is 1. The first-order valence-electron chi connectivity index (χ1n) is 10.9. The average molecular weight is 434 g/mol. The number of nitrogens with zero attached hydrogens (tertiary/aromatic N) is 3. The molecular formula is C25H29N4O3-. The third-order valence-corrected chi connectivity index (χ3v) is 6.21. The van der Waals surface area contributed by atoms with E-state index >= 15 is 0 Å². The lowest BCUT2D eigenvalue weighted by molar-refractivity contribution is 0.0194. The van der Waals surface area contributed by atoms with E-state index in [1.165, 1.54) is 0 Å². The lowest BCUT2D eigenvalue weighted by Crippen LogP contribution is -2.47. The Kier molecular flexibility index (Phi) is 6.58. The van der Waals surface area contributed by atoms with Crippen molar-refractivity contribution in [1.29, 1.82) is 0 Å². The number of hydrogen-bond acceptors (Lipinski definition) is 4. The Morgan fingerprint density at radius 1 is 1.25 bits per heavy atom. The van der Waals surface area contributed by atoms with E-state index in [4.69, 9.17) is 10.5 Å². The minimum atomic E-state index is -0.606. The highest BCUT2D eigenvalue weighted by molar-refractivity contribution is 5.92. The number of piperidine rings is 1. The molecule has 7 nitrogen and oxygen atoms in total. The van der Waals surface area contributed by atoms with Crippen LogP contribution in [0.5, 0.6) is 5.75 Å². The van der Waals surface area contributed by atoms with Gasteiger partial charge in [0, 0.05) is 19.3 Å². The summed E-state index contributed by atoms with van der Waals surface area (Å²) in [7, 11) is 1.62. The van der Waals surface area contributed by atoms with Crippen LogP contribution < -0.4 is 4.74 Å². The Morgan fingerprint density at radius 3 is 2.75 bits per heavy atom. The molecule has 0 aliphatic carbocycles. The molecule has 4 rings (SSSR count). The molecule has 1 aliphatic rings. The van der Waals surface area contributed by atoms with Crippen LogP contribution in [0.25, 0.3) is 11.4 Å². The highest BCUT2D eigenvalue weighted by Crippen LogP contribution is 2.27. The Hall–Kier alpha value is -3.16. The largest absolute Gasteiger partial charge is 0.674 e. The molecular weight excluding hydrogens is 404 g/mol. The monoisotopic (exact) mass is 433 g/mol. The van der Waals surface area contributed by atoms with Gasteiger partial charge in [0.2, 0.25) is 0 Å². The van der Waals surface area contributed by atoms with Crippen LogP contribution in [-0.2, 0) is 13.0 Å². The van der Waals surface area contributed by atoms with Crippen molar-refractivity contribution in [2.75, 3.05) is 20.2 Å². The number of carbonyl (C=O) groups excluding carboxylic acids is 1. The number of aromatic nitrogens is 2. The summed E-state index contributed by atoms with van der Waals surface area (Å²) in [5, 5.41) is 10.8. The second-order valence-electron chi connectivity index (χ2n) is 8.36. The standard InChI is InChI=1S/C25H29N4O3/c1-17-7-8-24(32-2)22(11-17)29-14-21(27-16-29)25(31)28-10-9-19(23(30)15-28)12-18-5-3-4-6-20(18)13-26/h3-8,11,14,16,19,23,26,30H,9-10,12-13,15H2,1-2H3/q-1/t19?,23-/m1/s1. The smallest absolute Gasteiger partial charge is 0.274 e. The van der Waals surface area contributed by atoms with E-state index in [1.807, 2.05) is 49.4 Å². The summed E-state index contributed by atoms with van der Waals surface area (Å²) in [6.45, 7) is 3.09. The van der Waals surface area contributed by atoms with Gasteiger partial charge in [0.25, 0.3) is 5.91 Å². The number of nitrogens with one attached hydrogen (secondary N) is 1. The van der Waals surface area contributed by atoms with E-state index in [9.17, 15) is 9.90 Å². The highest BCUT2D eigenvalue weighted by Gasteiger charge is 2.31. The molecule has 0 radical (unpaired) electrons. The molecule has 0 spiro atoms. The molecule has 2 N–H and O–H groups in total. The minimum absolute atomic E-state index is 0.0702. The van der Waals surface area contributed by atoms with E-state index in [2.05, 4.69) is 4.98 Å². The predicted octanol–water partition coefficient (Wildman–Crippen LogP) is 3.81. The maximum absolute atomic E-state index is 13.1. The van der Waals surface area contributed by atoms with Crippen molar-refractivity contribution in [3.8, 4) is 11.4 Å². The third-order valence-electron chi connectivity index (χ3n) is 6.21. The summed E-state index contributed by atoms with van der Waals surface area (Å²) in [6, 6.07) is 13.8. The fraction of sp³-hybridized carbons (Fsp3) is 0.360. The number of β-amino-alcohol motifs (C(OH)–C–C–N with tert-alkyl or cyclic N) is 1. The number of carbonyl (C=O) groups is 1. The Labute approximate surface area is 188 Å². The second-order valence-corrected chi connectivity index (χ2v) is 8.36. The van der Waals surface area contributed by atoms with Gasteiger partial charge in [-0.2, -0.15) is 0 Å². The zero-order valence-corrected chi connectivity index (χ0v) is 18.5. The number of benzene rings is 2. The predicted molar refractivity (Wildman–Crippen MR) is 123 cm³/mol. The SMILES string of the molecule is COc1ccc(C)cc1-n1cnc(C(=O)N2CCC(Cc3ccccc3C[NH-])[C@H](O)C2)c1. The average Bonchev–Trinajstić information content (AvgIpc) is 3.30. The van der Waals surface area contributed by atoms with Gasteiger partial charge < -0.3 is 25.0 Å². The van der Waals surface area contributed by atoms with Crippen molar-refractivity contribution >= 4 is 5.91 Å². The first kappa shape index (κ1) is 22.0. The number of aliphatic hydroxyl groups is 1. The van der Waals surface area contributed by atoms with E-state index in [0.29, 0.717) is 24.4 Å². The van der Waals surface area contributed by atoms with Crippen LogP contribution in [0.2, 0.25) is 0 Å². The van der Waals surface area contributed by atoms with E-state index in [1.54, 1.807) is 29.1 Å². The molecule has 2 atom stereocenters. The number of likely N-dealkylation sites (tertiary alicyclic amines) is 1. The van der Waals surface area contributed by atoms with Crippen LogP contribution in [0, 0.1) is 12.8 Å². The van der Waals surface area contributed by atoms with Crippen molar-refractivity contribution < 1.29 is 14.6 Å². The van der Waals surface area contributed by atoms with Gasteiger partial charge >= 0.3 is 0 Å². The zero-order valence-electron chi connectivity index (χ0n) is 18.5. The van der Waals surface area contributed by atoms with E-state index in [0.717, 1.165) is 28.8 Å². The molecule has 1 amide bonds. The van der Waals surface area contributed by atoms with Crippen LogP contribution in [-0.4, -0.2) is 51.8 Å². The fourth-order valence-corrected chi connectivity index (χ4v) is 4.34. The summed E-state index contributed by atoms with van der Waals surface area (Å²) in [6.07, 6.45) is 4.16. The Balaban J connectivity index is 1.44. The Bertz CT molecular complexity index is 1090. The van der Waals surface area contributed by atoms with Gasteiger partial charge in [-0.3, -0.25) is 4.79 Å². The van der Waals surface area contributed by atoms with Crippen molar-refractivity contribution in [2.24, 2.45) is 5.92 Å². The normalized spacial score (nSPS) is 18.6. The van der Waals surface area contributed by atoms with E-state index < -0.39 is 6.10 Å². The first-order valence-corrected chi connectivity index (χ1v) is 10.9. The number of aryl methyl sites for hydroxylation is 1. The Morgan fingerprint density at radius 2 is 2.03 bits per heavy atom. The van der Waals surface area contributed by atoms with Crippen LogP contribution in [0.4, 0.5) is 0 Å². The lowest BCUT2D eigenvalue weighted by Gasteiger charge is -2.36. The van der Waals surface area contributed by atoms with Crippen LogP contribution in [0.15, 0.2) is 55.0 Å². The number of aliphatic hydroxyl groups excluding tert-OH is 1. The summed E-state index contributed by atoms with van der Waals surface area (Å²) in [5.74, 6) is 0.594. The molecule has 3 aromatic rings. The zero-order chi connectivity index (χ0) is 22.7. The molecule has 2 aromatic carbocycles. The van der Waals surface area contributed by atoms with Gasteiger partial charge in [0.05, 0.1) is 18.9 Å². The fourth-order valence-electron chi connectivity index (χ4n) is 4.34. The van der Waals surface area contributed by atoms with Gasteiger partial charge in [-0.25, -0.2) is 4.98 Å². The third kappa shape index (κ3) is 4.54. The summed E-state index contributed by atoms with van der Waals surface area (Å²) in [5.41, 5.74) is 12.1. The van der Waals surface area contributed by atoms with Gasteiger partial charge in [-0.05, 0) is 48.9 Å². The first-order chi connectivity index (χ1) is 15.5. The number of methoxy groups -OCH3 is 1. The molecule has 1 aromatic heterocycles. The maximum atomic E-state index is 13.1. The number of rotatable bonds is 6. The van der Waals surface area contributed by atoms with Crippen molar-refractivity contribution in [2.45, 2.75) is 32.4 Å². The molecule has 1 aliphatic heterocycles. The summed E-state index contributed by atoms with van der Waals surface area (Å²) < 4.78 is 7.23. The van der Waals surface area contributed by atoms with E-state index in [-0.39, 0.29) is 24.9 Å². The molecule has 0 saturated carbocycles. The molecule has 1 fully saturated rings. The van der Waals surface area contributed by atoms with Gasteiger partial charge in [-0.1, -0.05) is 35.9 Å². The van der Waals surface area contributed by atoms with Gasteiger partial charge in [0.1, 0.15) is 17.8 Å². The molecule has 1 saturated heterocycles. The number of hydrogen-bond donors (Lipinski definition) is 1. The molecule has 7 heteroatoms. The summed E-state index contributed by atoms with van der Waals surface area (Å²) >= 11 is 0. The molecule has 0 bridgehead atoms. The molecule has 168 valence electrons. The molecule has 2 heterocycles. The summed E-state index contributed by atoms with van der Waals surface area (Å²) in [4.78, 5) is 19.1. The van der Waals surface area contributed by atoms with Gasteiger partial charge in [-0.15, -0.1) is 6.54 Å². The molecule has 32 heavy (non-hydrogen) atoms. The number of amides is 1. The van der Waals surface area contributed by atoms with Crippen LogP contribution in [0.3, 0.4) is 0 Å². The quantitative estimate of drug-likeness (QED) is 0.640. The van der Waals surface area contributed by atoms with Gasteiger partial charge in [0.15, 0.2) is 0 Å². The minimum Gasteiger partial charge on any atom is -0.674 e. The van der Waals surface area contributed by atoms with Crippen molar-refractivity contribution in [3.05, 3.63) is 83.1 Å². The van der Waals surface area contributed by atoms with Crippen molar-refractivity contribution in [1.82, 2.24) is 14.5 Å². The number of ether oxygens (including phenoxy) is 1. The maximum Gasteiger partial charge on any atom is 0.274 e. The van der Waals surface area contributed by atoms with Crippen LogP contribution in [0.1, 0.15) is 33.6 Å². The molecule has 1 unspecified atom stereocenters. The lowest BCUT2D eigenvalue weighted by atomic mass is 9.86. The second kappa shape index (κ2) is 9.54. The highest BCUT2D eigenvalue weighted by atomic mass is 16.5. The van der Waals surface area contributed by atoms with Crippen molar-refractivity contribution in [3.63, 3.8) is 0 Å². The topological polar surface area (TPSA) is 91.4 Å². The van der Waals surface area contributed by atoms with Crippen LogP contribution >= 0.6 is 0 Å².